The first-order chi connectivity index (χ1) is 6.72. The molecule has 1 nitrogen and oxygen atoms in total. The fraction of sp³-hybridized carbons (Fsp3) is 0.455. The number of benzene rings is 1. The minimum absolute atomic E-state index is 0.596. The summed E-state index contributed by atoms with van der Waals surface area (Å²) in [4.78, 5) is 1.39. The van der Waals surface area contributed by atoms with Gasteiger partial charge in [0.2, 0.25) is 0 Å². The summed E-state index contributed by atoms with van der Waals surface area (Å²) in [6.45, 7) is 3.31. The van der Waals surface area contributed by atoms with E-state index in [2.05, 4.69) is 24.4 Å². The van der Waals surface area contributed by atoms with Gasteiger partial charge in [0.15, 0.2) is 0 Å². The van der Waals surface area contributed by atoms with Crippen molar-refractivity contribution in [1.82, 2.24) is 5.32 Å². The van der Waals surface area contributed by atoms with Crippen molar-refractivity contribution in [1.29, 1.82) is 0 Å². The number of fused-ring (bicyclic) bond motifs is 1. The molecule has 2 atom stereocenters. The van der Waals surface area contributed by atoms with E-state index in [9.17, 15) is 0 Å². The van der Waals surface area contributed by atoms with Crippen LogP contribution >= 0.6 is 23.4 Å². The SMILES string of the molecule is CNCC1c2cc(Cl)ccc2SC1C. The predicted molar refractivity (Wildman–Crippen MR) is 63.4 cm³/mol. The Morgan fingerprint density at radius 1 is 1.50 bits per heavy atom. The van der Waals surface area contributed by atoms with Crippen molar-refractivity contribution in [3.63, 3.8) is 0 Å². The van der Waals surface area contributed by atoms with Gasteiger partial charge in [0.05, 0.1) is 0 Å². The normalized spacial score (nSPS) is 25.1. The predicted octanol–water partition coefficient (Wildman–Crippen LogP) is 3.14. The van der Waals surface area contributed by atoms with Crippen LogP contribution in [0.2, 0.25) is 5.02 Å². The molecule has 1 N–H and O–H groups in total. The van der Waals surface area contributed by atoms with E-state index in [4.69, 9.17) is 11.6 Å². The average Bonchev–Trinajstić information content (AvgIpc) is 2.45. The second-order valence-corrected chi connectivity index (χ2v) is 5.52. The van der Waals surface area contributed by atoms with Crippen molar-refractivity contribution >= 4 is 23.4 Å². The molecule has 76 valence electrons. The fourth-order valence-electron chi connectivity index (χ4n) is 1.95. The Labute approximate surface area is 94.2 Å². The largest absolute Gasteiger partial charge is 0.319 e. The summed E-state index contributed by atoms with van der Waals surface area (Å²) in [6.07, 6.45) is 0. The number of nitrogens with one attached hydrogen (secondary N) is 1. The Morgan fingerprint density at radius 2 is 2.29 bits per heavy atom. The van der Waals surface area contributed by atoms with Crippen LogP contribution in [0.1, 0.15) is 18.4 Å². The topological polar surface area (TPSA) is 12.0 Å². The van der Waals surface area contributed by atoms with E-state index < -0.39 is 0 Å². The lowest BCUT2D eigenvalue weighted by Gasteiger charge is -2.14. The third-order valence-electron chi connectivity index (χ3n) is 2.67. The van der Waals surface area contributed by atoms with Gasteiger partial charge >= 0.3 is 0 Å². The molecule has 14 heavy (non-hydrogen) atoms. The van der Waals surface area contributed by atoms with Gasteiger partial charge in [-0.1, -0.05) is 18.5 Å². The Kier molecular flexibility index (Phi) is 3.05. The zero-order valence-electron chi connectivity index (χ0n) is 8.38. The zero-order chi connectivity index (χ0) is 10.1. The second-order valence-electron chi connectivity index (χ2n) is 3.67. The van der Waals surface area contributed by atoms with Gasteiger partial charge in [-0.25, -0.2) is 0 Å². The Hall–Kier alpha value is -0.180. The van der Waals surface area contributed by atoms with Crippen molar-refractivity contribution < 1.29 is 0 Å². The first kappa shape index (κ1) is 10.3. The minimum Gasteiger partial charge on any atom is -0.319 e. The van der Waals surface area contributed by atoms with Crippen molar-refractivity contribution in [2.75, 3.05) is 13.6 Å². The maximum absolute atomic E-state index is 6.01. The molecule has 0 fully saturated rings. The molecule has 1 aliphatic rings. The van der Waals surface area contributed by atoms with Crippen molar-refractivity contribution in [2.45, 2.75) is 23.0 Å². The van der Waals surface area contributed by atoms with E-state index in [-0.39, 0.29) is 0 Å². The molecule has 0 aromatic heterocycles. The lowest BCUT2D eigenvalue weighted by Crippen LogP contribution is -2.21. The highest BCUT2D eigenvalue weighted by Gasteiger charge is 2.29. The van der Waals surface area contributed by atoms with Crippen LogP contribution < -0.4 is 5.32 Å². The lowest BCUT2D eigenvalue weighted by molar-refractivity contribution is 0.628. The number of hydrogen-bond acceptors (Lipinski definition) is 2. The molecule has 1 aromatic rings. The first-order valence-electron chi connectivity index (χ1n) is 4.83. The Morgan fingerprint density at radius 3 is 3.00 bits per heavy atom. The molecule has 2 rings (SSSR count). The van der Waals surface area contributed by atoms with E-state index in [1.165, 1.54) is 10.5 Å². The summed E-state index contributed by atoms with van der Waals surface area (Å²) in [5.74, 6) is 0.596. The molecule has 3 heteroatoms. The number of likely N-dealkylation sites (N-methyl/N-ethyl adjacent to an activating group) is 1. The average molecular weight is 228 g/mol. The molecule has 1 aromatic carbocycles. The highest BCUT2D eigenvalue weighted by molar-refractivity contribution is 8.00. The van der Waals surface area contributed by atoms with Crippen LogP contribution in [-0.2, 0) is 0 Å². The van der Waals surface area contributed by atoms with Gasteiger partial charge in [-0.3, -0.25) is 0 Å². The Bertz CT molecular complexity index is 340. The number of hydrogen-bond donors (Lipinski definition) is 1. The van der Waals surface area contributed by atoms with Gasteiger partial charge in [-0.15, -0.1) is 11.8 Å². The second kappa shape index (κ2) is 4.13. The monoisotopic (exact) mass is 227 g/mol. The lowest BCUT2D eigenvalue weighted by atomic mass is 9.96. The van der Waals surface area contributed by atoms with Crippen LogP contribution in [0, 0.1) is 0 Å². The third-order valence-corrected chi connectivity index (χ3v) is 4.24. The molecule has 0 radical (unpaired) electrons. The molecule has 1 aliphatic heterocycles. The van der Waals surface area contributed by atoms with Crippen LogP contribution in [0.4, 0.5) is 0 Å². The highest BCUT2D eigenvalue weighted by atomic mass is 35.5. The van der Waals surface area contributed by atoms with Crippen LogP contribution in [0.3, 0.4) is 0 Å². The molecule has 0 amide bonds. The summed E-state index contributed by atoms with van der Waals surface area (Å²) in [6, 6.07) is 6.21. The molecular formula is C11H14ClNS. The quantitative estimate of drug-likeness (QED) is 0.833. The van der Waals surface area contributed by atoms with Crippen LogP contribution in [-0.4, -0.2) is 18.8 Å². The number of rotatable bonds is 2. The van der Waals surface area contributed by atoms with Gasteiger partial charge in [-0.05, 0) is 30.8 Å². The highest BCUT2D eigenvalue weighted by Crippen LogP contribution is 2.45. The van der Waals surface area contributed by atoms with Crippen molar-refractivity contribution in [3.05, 3.63) is 28.8 Å². The Balaban J connectivity index is 2.34. The number of halogens is 1. The molecule has 0 saturated carbocycles. The van der Waals surface area contributed by atoms with E-state index in [1.54, 1.807) is 0 Å². The molecule has 2 unspecified atom stereocenters. The van der Waals surface area contributed by atoms with Crippen molar-refractivity contribution in [3.8, 4) is 0 Å². The van der Waals surface area contributed by atoms with E-state index in [0.717, 1.165) is 11.6 Å². The molecule has 0 saturated heterocycles. The summed E-state index contributed by atoms with van der Waals surface area (Å²) < 4.78 is 0. The maximum Gasteiger partial charge on any atom is 0.0409 e. The van der Waals surface area contributed by atoms with Gasteiger partial charge < -0.3 is 5.32 Å². The molecule has 1 heterocycles. The summed E-state index contributed by atoms with van der Waals surface area (Å²) >= 11 is 7.96. The van der Waals surface area contributed by atoms with Gasteiger partial charge in [0.25, 0.3) is 0 Å². The molecule has 0 aliphatic carbocycles. The van der Waals surface area contributed by atoms with Crippen LogP contribution in [0.15, 0.2) is 23.1 Å². The minimum atomic E-state index is 0.596. The smallest absolute Gasteiger partial charge is 0.0409 e. The summed E-state index contributed by atoms with van der Waals surface area (Å²) in [7, 11) is 2.00. The van der Waals surface area contributed by atoms with Crippen LogP contribution in [0.25, 0.3) is 0 Å². The molecule has 0 spiro atoms. The standard InChI is InChI=1S/C11H14ClNS/c1-7-10(6-13-2)9-5-8(12)3-4-11(9)14-7/h3-5,7,10,13H,6H2,1-2H3. The van der Waals surface area contributed by atoms with E-state index >= 15 is 0 Å². The van der Waals surface area contributed by atoms with Crippen LogP contribution in [0.5, 0.6) is 0 Å². The first-order valence-corrected chi connectivity index (χ1v) is 6.09. The van der Waals surface area contributed by atoms with E-state index in [1.807, 2.05) is 24.9 Å². The summed E-state index contributed by atoms with van der Waals surface area (Å²) in [5, 5.41) is 4.74. The summed E-state index contributed by atoms with van der Waals surface area (Å²) in [5.41, 5.74) is 1.41. The number of thioether (sulfide) groups is 1. The molecular weight excluding hydrogens is 214 g/mol. The molecule has 0 bridgehead atoms. The fourth-order valence-corrected chi connectivity index (χ4v) is 3.43. The van der Waals surface area contributed by atoms with Gasteiger partial charge in [0, 0.05) is 27.6 Å². The van der Waals surface area contributed by atoms with Gasteiger partial charge in [0.1, 0.15) is 0 Å². The zero-order valence-corrected chi connectivity index (χ0v) is 9.95. The third kappa shape index (κ3) is 1.79. The van der Waals surface area contributed by atoms with Crippen molar-refractivity contribution in [2.24, 2.45) is 0 Å². The maximum atomic E-state index is 6.01. The van der Waals surface area contributed by atoms with Gasteiger partial charge in [-0.2, -0.15) is 0 Å². The van der Waals surface area contributed by atoms with E-state index in [0.29, 0.717) is 11.2 Å².